The molecule has 0 aliphatic heterocycles. The van der Waals surface area contributed by atoms with Crippen molar-refractivity contribution in [2.24, 2.45) is 0 Å². The van der Waals surface area contributed by atoms with Crippen molar-refractivity contribution in [3.05, 3.63) is 34.6 Å². The molecule has 1 N–H and O–H groups in total. The standard InChI is InChI=1S/C11H12BrN3O/c1-2-13-7-10-14-11(15-16-10)8-5-3-4-6-9(8)12/h3-6,13H,2,7H2,1H3. The van der Waals surface area contributed by atoms with E-state index in [2.05, 4.69) is 31.4 Å². The molecule has 0 aliphatic rings. The summed E-state index contributed by atoms with van der Waals surface area (Å²) in [4.78, 5) is 4.31. The van der Waals surface area contributed by atoms with Crippen LogP contribution >= 0.6 is 15.9 Å². The molecule has 0 unspecified atom stereocenters. The third-order valence-corrected chi connectivity index (χ3v) is 2.80. The summed E-state index contributed by atoms with van der Waals surface area (Å²) in [7, 11) is 0. The Balaban J connectivity index is 2.22. The Kier molecular flexibility index (Phi) is 3.69. The fraction of sp³-hybridized carbons (Fsp3) is 0.273. The molecule has 84 valence electrons. The van der Waals surface area contributed by atoms with Crippen molar-refractivity contribution >= 4 is 15.9 Å². The van der Waals surface area contributed by atoms with E-state index in [1.165, 1.54) is 0 Å². The predicted octanol–water partition coefficient (Wildman–Crippen LogP) is 2.61. The van der Waals surface area contributed by atoms with Gasteiger partial charge in [0.15, 0.2) is 0 Å². The number of rotatable bonds is 4. The molecule has 16 heavy (non-hydrogen) atoms. The lowest BCUT2D eigenvalue weighted by atomic mass is 10.2. The summed E-state index contributed by atoms with van der Waals surface area (Å²) in [6, 6.07) is 7.80. The molecule has 1 aromatic carbocycles. The monoisotopic (exact) mass is 281 g/mol. The van der Waals surface area contributed by atoms with Crippen LogP contribution in [-0.2, 0) is 6.54 Å². The fourth-order valence-corrected chi connectivity index (χ4v) is 1.77. The first kappa shape index (κ1) is 11.3. The van der Waals surface area contributed by atoms with Gasteiger partial charge < -0.3 is 9.84 Å². The second kappa shape index (κ2) is 5.23. The first-order valence-corrected chi connectivity index (χ1v) is 5.88. The molecule has 0 saturated heterocycles. The van der Waals surface area contributed by atoms with E-state index in [4.69, 9.17) is 4.52 Å². The molecule has 1 heterocycles. The van der Waals surface area contributed by atoms with Gasteiger partial charge in [-0.25, -0.2) is 0 Å². The number of hydrogen-bond donors (Lipinski definition) is 1. The number of halogens is 1. The lowest BCUT2D eigenvalue weighted by Gasteiger charge is -1.96. The van der Waals surface area contributed by atoms with E-state index in [0.29, 0.717) is 18.3 Å². The van der Waals surface area contributed by atoms with E-state index >= 15 is 0 Å². The van der Waals surface area contributed by atoms with Crippen LogP contribution in [0, 0.1) is 0 Å². The van der Waals surface area contributed by atoms with Crippen molar-refractivity contribution in [2.75, 3.05) is 6.54 Å². The van der Waals surface area contributed by atoms with Gasteiger partial charge in [0.1, 0.15) is 0 Å². The SMILES string of the molecule is CCNCc1nc(-c2ccccc2Br)no1. The van der Waals surface area contributed by atoms with Gasteiger partial charge in [0, 0.05) is 10.0 Å². The highest BCUT2D eigenvalue weighted by Gasteiger charge is 2.10. The summed E-state index contributed by atoms with van der Waals surface area (Å²) >= 11 is 3.46. The van der Waals surface area contributed by atoms with Crippen molar-refractivity contribution in [3.8, 4) is 11.4 Å². The van der Waals surface area contributed by atoms with Gasteiger partial charge in [0.05, 0.1) is 6.54 Å². The zero-order chi connectivity index (χ0) is 11.4. The molecule has 2 aromatic rings. The Labute approximate surface area is 102 Å². The van der Waals surface area contributed by atoms with Gasteiger partial charge in [-0.3, -0.25) is 0 Å². The largest absolute Gasteiger partial charge is 0.338 e. The van der Waals surface area contributed by atoms with Gasteiger partial charge in [-0.1, -0.05) is 40.1 Å². The summed E-state index contributed by atoms with van der Waals surface area (Å²) < 4.78 is 6.10. The van der Waals surface area contributed by atoms with E-state index in [0.717, 1.165) is 16.6 Å². The van der Waals surface area contributed by atoms with Gasteiger partial charge in [-0.2, -0.15) is 4.98 Å². The quantitative estimate of drug-likeness (QED) is 0.936. The third kappa shape index (κ3) is 2.48. The Hall–Kier alpha value is -1.20. The maximum atomic E-state index is 5.13. The van der Waals surface area contributed by atoms with Gasteiger partial charge in [0.25, 0.3) is 0 Å². The molecular formula is C11H12BrN3O. The topological polar surface area (TPSA) is 51.0 Å². The fourth-order valence-electron chi connectivity index (χ4n) is 1.31. The average Bonchev–Trinajstić information content (AvgIpc) is 2.75. The van der Waals surface area contributed by atoms with Crippen LogP contribution in [0.4, 0.5) is 0 Å². The summed E-state index contributed by atoms with van der Waals surface area (Å²) in [5.41, 5.74) is 0.939. The molecule has 0 amide bonds. The van der Waals surface area contributed by atoms with Crippen molar-refractivity contribution in [3.63, 3.8) is 0 Å². The Bertz CT molecular complexity index is 470. The zero-order valence-electron chi connectivity index (χ0n) is 8.90. The smallest absolute Gasteiger partial charge is 0.240 e. The second-order valence-corrected chi connectivity index (χ2v) is 4.13. The highest BCUT2D eigenvalue weighted by atomic mass is 79.9. The Morgan fingerprint density at radius 1 is 1.38 bits per heavy atom. The Morgan fingerprint density at radius 3 is 2.94 bits per heavy atom. The minimum absolute atomic E-state index is 0.604. The van der Waals surface area contributed by atoms with Crippen LogP contribution in [0.25, 0.3) is 11.4 Å². The number of nitrogens with zero attached hydrogens (tertiary/aromatic N) is 2. The molecule has 0 radical (unpaired) electrons. The first-order valence-electron chi connectivity index (χ1n) is 5.09. The lowest BCUT2D eigenvalue weighted by molar-refractivity contribution is 0.369. The van der Waals surface area contributed by atoms with E-state index in [9.17, 15) is 0 Å². The van der Waals surface area contributed by atoms with Crippen LogP contribution in [0.1, 0.15) is 12.8 Å². The predicted molar refractivity (Wildman–Crippen MR) is 64.8 cm³/mol. The normalized spacial score (nSPS) is 10.6. The van der Waals surface area contributed by atoms with Gasteiger partial charge in [-0.15, -0.1) is 0 Å². The molecule has 0 spiro atoms. The minimum atomic E-state index is 0.604. The van der Waals surface area contributed by atoms with E-state index in [1.807, 2.05) is 31.2 Å². The maximum Gasteiger partial charge on any atom is 0.240 e. The number of benzene rings is 1. The van der Waals surface area contributed by atoms with Crippen molar-refractivity contribution in [1.29, 1.82) is 0 Å². The molecule has 2 rings (SSSR count). The summed E-state index contributed by atoms with van der Waals surface area (Å²) in [6.45, 7) is 3.52. The van der Waals surface area contributed by atoms with Crippen LogP contribution in [0.15, 0.2) is 33.3 Å². The van der Waals surface area contributed by atoms with Crippen LogP contribution < -0.4 is 5.32 Å². The molecular weight excluding hydrogens is 270 g/mol. The minimum Gasteiger partial charge on any atom is -0.338 e. The van der Waals surface area contributed by atoms with E-state index < -0.39 is 0 Å². The maximum absolute atomic E-state index is 5.13. The zero-order valence-corrected chi connectivity index (χ0v) is 10.5. The summed E-state index contributed by atoms with van der Waals surface area (Å²) in [6.07, 6.45) is 0. The number of hydrogen-bond acceptors (Lipinski definition) is 4. The van der Waals surface area contributed by atoms with Crippen molar-refractivity contribution in [2.45, 2.75) is 13.5 Å². The first-order chi connectivity index (χ1) is 7.81. The van der Waals surface area contributed by atoms with Crippen molar-refractivity contribution < 1.29 is 4.52 Å². The van der Waals surface area contributed by atoms with Gasteiger partial charge in [0.2, 0.25) is 11.7 Å². The molecule has 0 aliphatic carbocycles. The van der Waals surface area contributed by atoms with Crippen molar-refractivity contribution in [1.82, 2.24) is 15.5 Å². The van der Waals surface area contributed by atoms with Crippen LogP contribution in [-0.4, -0.2) is 16.7 Å². The molecule has 5 heteroatoms. The van der Waals surface area contributed by atoms with E-state index in [-0.39, 0.29) is 0 Å². The molecule has 4 nitrogen and oxygen atoms in total. The second-order valence-electron chi connectivity index (χ2n) is 3.27. The summed E-state index contributed by atoms with van der Waals surface area (Å²) in [5, 5.41) is 7.08. The Morgan fingerprint density at radius 2 is 2.19 bits per heavy atom. The highest BCUT2D eigenvalue weighted by molar-refractivity contribution is 9.10. The summed E-state index contributed by atoms with van der Waals surface area (Å²) in [5.74, 6) is 1.22. The highest BCUT2D eigenvalue weighted by Crippen LogP contribution is 2.25. The average molecular weight is 282 g/mol. The van der Waals surface area contributed by atoms with Crippen LogP contribution in [0.2, 0.25) is 0 Å². The number of nitrogens with one attached hydrogen (secondary N) is 1. The number of aromatic nitrogens is 2. The molecule has 0 atom stereocenters. The third-order valence-electron chi connectivity index (χ3n) is 2.11. The van der Waals surface area contributed by atoms with Gasteiger partial charge in [-0.05, 0) is 18.7 Å². The molecule has 1 aromatic heterocycles. The van der Waals surface area contributed by atoms with E-state index in [1.54, 1.807) is 0 Å². The van der Waals surface area contributed by atoms with Crippen LogP contribution in [0.5, 0.6) is 0 Å². The van der Waals surface area contributed by atoms with Crippen LogP contribution in [0.3, 0.4) is 0 Å². The molecule has 0 saturated carbocycles. The van der Waals surface area contributed by atoms with Gasteiger partial charge >= 0.3 is 0 Å². The molecule has 0 bridgehead atoms. The lowest BCUT2D eigenvalue weighted by Crippen LogP contribution is -2.11. The molecule has 0 fully saturated rings.